The Labute approximate surface area is 138 Å². The van der Waals surface area contributed by atoms with Crippen molar-refractivity contribution in [3.8, 4) is 0 Å². The van der Waals surface area contributed by atoms with E-state index in [1.54, 1.807) is 24.3 Å². The Balaban J connectivity index is 2.26. The van der Waals surface area contributed by atoms with E-state index in [-0.39, 0.29) is 0 Å². The summed E-state index contributed by atoms with van der Waals surface area (Å²) in [6.07, 6.45) is -0.697. The maximum Gasteiger partial charge on any atom is 0.534 e. The summed E-state index contributed by atoms with van der Waals surface area (Å²) >= 11 is 0. The van der Waals surface area contributed by atoms with Crippen LogP contribution in [0.15, 0.2) is 24.3 Å². The number of hydrogen-bond donors (Lipinski definition) is 4. The lowest BCUT2D eigenvalue weighted by molar-refractivity contribution is -0.147. The van der Waals surface area contributed by atoms with Gasteiger partial charge in [0, 0.05) is 6.42 Å². The van der Waals surface area contributed by atoms with Crippen molar-refractivity contribution >= 4 is 7.12 Å². The van der Waals surface area contributed by atoms with Gasteiger partial charge in [-0.25, -0.2) is 8.78 Å². The second-order valence-corrected chi connectivity index (χ2v) is 6.11. The molecule has 0 aromatic heterocycles. The lowest BCUT2D eigenvalue weighted by atomic mass is 9.76. The van der Waals surface area contributed by atoms with Crippen LogP contribution in [0.3, 0.4) is 0 Å². The second-order valence-electron chi connectivity index (χ2n) is 6.11. The zero-order chi connectivity index (χ0) is 18.0. The van der Waals surface area contributed by atoms with E-state index in [1.807, 2.05) is 6.92 Å². The molecule has 0 amide bonds. The van der Waals surface area contributed by atoms with Gasteiger partial charge < -0.3 is 29.7 Å². The maximum absolute atomic E-state index is 14.6. The van der Waals surface area contributed by atoms with Crippen molar-refractivity contribution in [1.29, 1.82) is 0 Å². The predicted octanol–water partition coefficient (Wildman–Crippen LogP) is -0.306. The van der Waals surface area contributed by atoms with Crippen LogP contribution in [0.4, 0.5) is 8.78 Å². The van der Waals surface area contributed by atoms with Crippen LogP contribution in [-0.2, 0) is 15.7 Å². The van der Waals surface area contributed by atoms with E-state index in [0.29, 0.717) is 5.56 Å². The summed E-state index contributed by atoms with van der Waals surface area (Å²) in [5, 5.41) is 37.9. The zero-order valence-electron chi connectivity index (χ0n) is 13.3. The third-order valence-electron chi connectivity index (χ3n) is 4.42. The fourth-order valence-corrected chi connectivity index (χ4v) is 2.71. The average Bonchev–Trinajstić information content (AvgIpc) is 2.93. The Morgan fingerprint density at radius 1 is 0.917 bits per heavy atom. The van der Waals surface area contributed by atoms with Crippen LogP contribution in [-0.4, -0.2) is 71.0 Å². The highest BCUT2D eigenvalue weighted by Gasteiger charge is 2.68. The van der Waals surface area contributed by atoms with Crippen molar-refractivity contribution in [1.82, 2.24) is 0 Å². The predicted molar refractivity (Wildman–Crippen MR) is 81.6 cm³/mol. The molecular formula is C15H21BF2O6. The topological polar surface area (TPSA) is 99.4 Å². The van der Waals surface area contributed by atoms with E-state index in [4.69, 9.17) is 9.31 Å². The Morgan fingerprint density at radius 3 is 1.71 bits per heavy atom. The van der Waals surface area contributed by atoms with E-state index in [2.05, 4.69) is 0 Å². The number of benzene rings is 1. The molecule has 4 N–H and O–H groups in total. The number of rotatable bonds is 7. The van der Waals surface area contributed by atoms with Gasteiger partial charge in [-0.05, 0) is 12.5 Å². The monoisotopic (exact) mass is 346 g/mol. The summed E-state index contributed by atoms with van der Waals surface area (Å²) < 4.78 is 39.4. The van der Waals surface area contributed by atoms with Gasteiger partial charge in [0.05, 0.1) is 26.4 Å². The normalized spacial score (nSPS) is 19.7. The number of aliphatic hydroxyl groups excluding tert-OH is 4. The van der Waals surface area contributed by atoms with Crippen molar-refractivity contribution in [3.05, 3.63) is 35.4 Å². The highest BCUT2D eigenvalue weighted by atomic mass is 19.3. The number of aryl methyl sites for hydroxylation is 1. The molecule has 1 aromatic rings. The van der Waals surface area contributed by atoms with Crippen molar-refractivity contribution in [2.45, 2.75) is 30.4 Å². The molecule has 1 fully saturated rings. The number of alkyl halides is 2. The average molecular weight is 346 g/mol. The van der Waals surface area contributed by atoms with Gasteiger partial charge in [0.1, 0.15) is 11.2 Å². The molecule has 1 heterocycles. The minimum Gasteiger partial charge on any atom is -0.394 e. The van der Waals surface area contributed by atoms with Crippen molar-refractivity contribution in [2.75, 3.05) is 26.4 Å². The number of halogens is 2. The summed E-state index contributed by atoms with van der Waals surface area (Å²) in [5.74, 6) is -3.50. The molecule has 0 unspecified atom stereocenters. The number of hydrogen-bond acceptors (Lipinski definition) is 6. The molecule has 134 valence electrons. The van der Waals surface area contributed by atoms with Gasteiger partial charge in [-0.15, -0.1) is 0 Å². The summed E-state index contributed by atoms with van der Waals surface area (Å²) in [4.78, 5) is 0. The third-order valence-corrected chi connectivity index (χ3v) is 4.42. The molecule has 2 rings (SSSR count). The van der Waals surface area contributed by atoms with E-state index in [1.165, 1.54) is 0 Å². The Morgan fingerprint density at radius 2 is 1.33 bits per heavy atom. The van der Waals surface area contributed by atoms with Crippen molar-refractivity contribution < 1.29 is 38.5 Å². The Bertz CT molecular complexity index is 525. The highest BCUT2D eigenvalue weighted by molar-refractivity contribution is 6.48. The quantitative estimate of drug-likeness (QED) is 0.506. The van der Waals surface area contributed by atoms with E-state index in [9.17, 15) is 29.2 Å². The Hall–Kier alpha value is -1.10. The third kappa shape index (κ3) is 3.20. The fourth-order valence-electron chi connectivity index (χ4n) is 2.71. The first-order valence-corrected chi connectivity index (χ1v) is 7.50. The minimum absolute atomic E-state index is 0.349. The smallest absolute Gasteiger partial charge is 0.394 e. The summed E-state index contributed by atoms with van der Waals surface area (Å²) in [6.45, 7) is -1.77. The highest BCUT2D eigenvalue weighted by Crippen LogP contribution is 2.42. The molecule has 9 heteroatoms. The molecule has 0 aliphatic carbocycles. The molecule has 1 aromatic carbocycles. The molecule has 1 aliphatic heterocycles. The zero-order valence-corrected chi connectivity index (χ0v) is 13.3. The van der Waals surface area contributed by atoms with Crippen molar-refractivity contribution in [3.63, 3.8) is 0 Å². The molecule has 0 radical (unpaired) electrons. The van der Waals surface area contributed by atoms with Crippen LogP contribution >= 0.6 is 0 Å². The fraction of sp³-hybridized carbons (Fsp3) is 0.600. The first-order valence-electron chi connectivity index (χ1n) is 7.50. The van der Waals surface area contributed by atoms with Gasteiger partial charge in [0.15, 0.2) is 0 Å². The summed E-state index contributed by atoms with van der Waals surface area (Å²) in [7, 11) is -2.13. The van der Waals surface area contributed by atoms with E-state index < -0.39 is 57.0 Å². The lowest BCUT2D eigenvalue weighted by Crippen LogP contribution is -2.61. The summed E-state index contributed by atoms with van der Waals surface area (Å²) in [5.41, 5.74) is -2.79. The SMILES string of the molecule is Cc1ccc(CC(F)(F)B2OC(CO)(CO)C(CO)(CO)O2)cc1. The van der Waals surface area contributed by atoms with Crippen LogP contribution in [0, 0.1) is 6.92 Å². The molecule has 0 bridgehead atoms. The molecule has 1 saturated heterocycles. The first-order chi connectivity index (χ1) is 11.3. The molecule has 6 nitrogen and oxygen atoms in total. The molecule has 0 spiro atoms. The molecule has 0 atom stereocenters. The molecule has 24 heavy (non-hydrogen) atoms. The van der Waals surface area contributed by atoms with Crippen LogP contribution in [0.1, 0.15) is 11.1 Å². The van der Waals surface area contributed by atoms with Gasteiger partial charge in [-0.2, -0.15) is 0 Å². The van der Waals surface area contributed by atoms with E-state index >= 15 is 0 Å². The summed E-state index contributed by atoms with van der Waals surface area (Å²) in [6, 6.07) is 6.49. The standard InChI is InChI=1S/C15H21BF2O6/c1-11-2-4-12(5-3-11)6-15(17,18)16-23-13(7-19,8-20)14(9-21,10-22)24-16/h2-5,19-22H,6-10H2,1H3. The van der Waals surface area contributed by atoms with Gasteiger partial charge in [0.2, 0.25) is 0 Å². The van der Waals surface area contributed by atoms with Gasteiger partial charge in [0.25, 0.3) is 5.82 Å². The van der Waals surface area contributed by atoms with Crippen LogP contribution in [0.5, 0.6) is 0 Å². The Kier molecular flexibility index (Phi) is 5.63. The van der Waals surface area contributed by atoms with Crippen molar-refractivity contribution in [2.24, 2.45) is 0 Å². The van der Waals surface area contributed by atoms with Crippen LogP contribution < -0.4 is 0 Å². The van der Waals surface area contributed by atoms with Gasteiger partial charge in [-0.1, -0.05) is 29.8 Å². The second kappa shape index (κ2) is 7.03. The van der Waals surface area contributed by atoms with Crippen LogP contribution in [0.2, 0.25) is 0 Å². The van der Waals surface area contributed by atoms with E-state index in [0.717, 1.165) is 5.56 Å². The largest absolute Gasteiger partial charge is 0.534 e. The number of aliphatic hydroxyl groups is 4. The molecule has 1 aliphatic rings. The van der Waals surface area contributed by atoms with Gasteiger partial charge >= 0.3 is 7.12 Å². The van der Waals surface area contributed by atoms with Crippen LogP contribution in [0.25, 0.3) is 0 Å². The first kappa shape index (κ1) is 19.2. The lowest BCUT2D eigenvalue weighted by Gasteiger charge is -2.39. The maximum atomic E-state index is 14.6. The minimum atomic E-state index is -3.50. The molecule has 0 saturated carbocycles. The van der Waals surface area contributed by atoms with Gasteiger partial charge in [-0.3, -0.25) is 0 Å². The molecular weight excluding hydrogens is 325 g/mol.